The van der Waals surface area contributed by atoms with Gasteiger partial charge in [-0.05, 0) is 25.7 Å². The van der Waals surface area contributed by atoms with Crippen LogP contribution in [0.25, 0.3) is 0 Å². The fourth-order valence-corrected chi connectivity index (χ4v) is 3.57. The summed E-state index contributed by atoms with van der Waals surface area (Å²) in [5.41, 5.74) is 1.53. The molecule has 3 rings (SSSR count). The fourth-order valence-electron chi connectivity index (χ4n) is 3.57. The van der Waals surface area contributed by atoms with Gasteiger partial charge in [-0.25, -0.2) is 0 Å². The molecule has 0 saturated carbocycles. The SMILES string of the molecule is COC(OC)c1ccccc1C(=O)C1CC2CCC(C1)O2. The first-order chi connectivity index (χ1) is 10.2. The van der Waals surface area contributed by atoms with Crippen molar-refractivity contribution in [2.24, 2.45) is 5.92 Å². The molecule has 2 saturated heterocycles. The molecule has 0 radical (unpaired) electrons. The van der Waals surface area contributed by atoms with Crippen molar-refractivity contribution < 1.29 is 19.0 Å². The summed E-state index contributed by atoms with van der Waals surface area (Å²) in [6.45, 7) is 0. The van der Waals surface area contributed by atoms with Crippen LogP contribution in [0.3, 0.4) is 0 Å². The van der Waals surface area contributed by atoms with Gasteiger partial charge in [-0.1, -0.05) is 24.3 Å². The standard InChI is InChI=1S/C17H22O4/c1-19-17(20-2)15-6-4-3-5-14(15)16(18)11-9-12-7-8-13(10-11)21-12/h3-6,11-13,17H,7-10H2,1-2H3. The fraction of sp³-hybridized carbons (Fsp3) is 0.588. The van der Waals surface area contributed by atoms with Crippen LogP contribution >= 0.6 is 0 Å². The number of carbonyl (C=O) groups excluding carboxylic acids is 1. The van der Waals surface area contributed by atoms with Crippen LogP contribution in [-0.4, -0.2) is 32.2 Å². The Morgan fingerprint density at radius 1 is 1.14 bits per heavy atom. The van der Waals surface area contributed by atoms with Gasteiger partial charge in [0, 0.05) is 31.3 Å². The smallest absolute Gasteiger partial charge is 0.183 e. The minimum absolute atomic E-state index is 0.0618. The number of fused-ring (bicyclic) bond motifs is 2. The summed E-state index contributed by atoms with van der Waals surface area (Å²) in [7, 11) is 3.17. The second kappa shape index (κ2) is 6.26. The Bertz CT molecular complexity index is 497. The molecule has 0 aromatic heterocycles. The zero-order valence-electron chi connectivity index (χ0n) is 12.6. The molecule has 2 bridgehead atoms. The van der Waals surface area contributed by atoms with Crippen LogP contribution in [-0.2, 0) is 14.2 Å². The van der Waals surface area contributed by atoms with Crippen molar-refractivity contribution >= 4 is 5.78 Å². The average Bonchev–Trinajstić information content (AvgIpc) is 2.86. The maximum Gasteiger partial charge on any atom is 0.183 e. The van der Waals surface area contributed by atoms with E-state index in [4.69, 9.17) is 14.2 Å². The first-order valence-corrected chi connectivity index (χ1v) is 7.57. The Morgan fingerprint density at radius 3 is 2.38 bits per heavy atom. The molecule has 4 heteroatoms. The summed E-state index contributed by atoms with van der Waals surface area (Å²) in [4.78, 5) is 12.9. The number of carbonyl (C=O) groups is 1. The number of ketones is 1. The Kier molecular flexibility index (Phi) is 4.38. The van der Waals surface area contributed by atoms with Crippen molar-refractivity contribution in [3.63, 3.8) is 0 Å². The van der Waals surface area contributed by atoms with E-state index < -0.39 is 6.29 Å². The van der Waals surface area contributed by atoms with Gasteiger partial charge in [-0.15, -0.1) is 0 Å². The molecule has 0 aliphatic carbocycles. The van der Waals surface area contributed by atoms with Crippen LogP contribution in [0.2, 0.25) is 0 Å². The topological polar surface area (TPSA) is 44.8 Å². The summed E-state index contributed by atoms with van der Waals surface area (Å²) in [5.74, 6) is 0.261. The largest absolute Gasteiger partial charge is 0.375 e. The maximum absolute atomic E-state index is 12.9. The number of Topliss-reactive ketones (excluding diaryl/α,β-unsaturated/α-hetero) is 1. The lowest BCUT2D eigenvalue weighted by molar-refractivity contribution is -0.106. The molecule has 0 spiro atoms. The minimum atomic E-state index is -0.498. The highest BCUT2D eigenvalue weighted by Gasteiger charge is 2.38. The average molecular weight is 290 g/mol. The quantitative estimate of drug-likeness (QED) is 0.617. The van der Waals surface area contributed by atoms with E-state index in [9.17, 15) is 4.79 Å². The van der Waals surface area contributed by atoms with E-state index in [2.05, 4.69) is 0 Å². The highest BCUT2D eigenvalue weighted by atomic mass is 16.7. The molecule has 1 aromatic rings. The summed E-state index contributed by atoms with van der Waals surface area (Å²) in [6, 6.07) is 7.58. The van der Waals surface area contributed by atoms with Gasteiger partial charge in [0.2, 0.25) is 0 Å². The summed E-state index contributed by atoms with van der Waals surface area (Å²) < 4.78 is 16.5. The number of hydrogen-bond donors (Lipinski definition) is 0. The molecule has 0 N–H and O–H groups in total. The highest BCUT2D eigenvalue weighted by Crippen LogP contribution is 2.38. The molecule has 2 aliphatic rings. The van der Waals surface area contributed by atoms with Gasteiger partial charge in [0.25, 0.3) is 0 Å². The van der Waals surface area contributed by atoms with Crippen molar-refractivity contribution in [3.05, 3.63) is 35.4 Å². The Morgan fingerprint density at radius 2 is 1.76 bits per heavy atom. The van der Waals surface area contributed by atoms with E-state index in [0.29, 0.717) is 0 Å². The van der Waals surface area contributed by atoms with Gasteiger partial charge in [0.1, 0.15) is 0 Å². The van der Waals surface area contributed by atoms with Crippen LogP contribution in [0.4, 0.5) is 0 Å². The normalized spacial score (nSPS) is 28.0. The van der Waals surface area contributed by atoms with Gasteiger partial charge in [0.05, 0.1) is 12.2 Å². The highest BCUT2D eigenvalue weighted by molar-refractivity contribution is 5.99. The van der Waals surface area contributed by atoms with Crippen molar-refractivity contribution in [1.29, 1.82) is 0 Å². The van der Waals surface area contributed by atoms with Gasteiger partial charge in [0.15, 0.2) is 12.1 Å². The maximum atomic E-state index is 12.9. The summed E-state index contributed by atoms with van der Waals surface area (Å²) in [6.07, 6.45) is 3.91. The first-order valence-electron chi connectivity index (χ1n) is 7.57. The number of rotatable bonds is 5. The van der Waals surface area contributed by atoms with Crippen LogP contribution in [0.1, 0.15) is 47.9 Å². The Hall–Kier alpha value is -1.23. The second-order valence-corrected chi connectivity index (χ2v) is 5.88. The Balaban J connectivity index is 1.84. The molecule has 2 fully saturated rings. The van der Waals surface area contributed by atoms with Gasteiger partial charge < -0.3 is 14.2 Å². The molecule has 0 amide bonds. The zero-order chi connectivity index (χ0) is 14.8. The number of ether oxygens (including phenoxy) is 3. The third-order valence-corrected chi connectivity index (χ3v) is 4.57. The van der Waals surface area contributed by atoms with Crippen molar-refractivity contribution in [3.8, 4) is 0 Å². The van der Waals surface area contributed by atoms with Crippen molar-refractivity contribution in [2.75, 3.05) is 14.2 Å². The lowest BCUT2D eigenvalue weighted by atomic mass is 9.86. The predicted molar refractivity (Wildman–Crippen MR) is 78.2 cm³/mol. The molecule has 114 valence electrons. The molecule has 2 unspecified atom stereocenters. The first kappa shape index (κ1) is 14.7. The van der Waals surface area contributed by atoms with Crippen LogP contribution < -0.4 is 0 Å². The van der Waals surface area contributed by atoms with E-state index >= 15 is 0 Å². The van der Waals surface area contributed by atoms with Gasteiger partial charge in [-0.3, -0.25) is 4.79 Å². The molecule has 4 nitrogen and oxygen atoms in total. The monoisotopic (exact) mass is 290 g/mol. The van der Waals surface area contributed by atoms with Crippen LogP contribution in [0.5, 0.6) is 0 Å². The Labute approximate surface area is 125 Å². The zero-order valence-corrected chi connectivity index (χ0v) is 12.6. The lowest BCUT2D eigenvalue weighted by Crippen LogP contribution is -2.30. The third kappa shape index (κ3) is 2.89. The van der Waals surface area contributed by atoms with Gasteiger partial charge in [-0.2, -0.15) is 0 Å². The molecular weight excluding hydrogens is 268 g/mol. The van der Waals surface area contributed by atoms with E-state index in [1.165, 1.54) is 0 Å². The van der Waals surface area contributed by atoms with Crippen LogP contribution in [0.15, 0.2) is 24.3 Å². The minimum Gasteiger partial charge on any atom is -0.375 e. The molecule has 21 heavy (non-hydrogen) atoms. The second-order valence-electron chi connectivity index (χ2n) is 5.88. The molecule has 2 atom stereocenters. The molecule has 1 aromatic carbocycles. The number of methoxy groups -OCH3 is 2. The predicted octanol–water partition coefficient (Wildman–Crippen LogP) is 3.12. The summed E-state index contributed by atoms with van der Waals surface area (Å²) in [5, 5.41) is 0. The summed E-state index contributed by atoms with van der Waals surface area (Å²) >= 11 is 0. The lowest BCUT2D eigenvalue weighted by Gasteiger charge is -2.28. The molecular formula is C17H22O4. The third-order valence-electron chi connectivity index (χ3n) is 4.57. The molecule has 2 aliphatic heterocycles. The van der Waals surface area contributed by atoms with Gasteiger partial charge >= 0.3 is 0 Å². The number of hydrogen-bond acceptors (Lipinski definition) is 4. The van der Waals surface area contributed by atoms with Crippen molar-refractivity contribution in [2.45, 2.75) is 44.2 Å². The van der Waals surface area contributed by atoms with E-state index in [1.54, 1.807) is 14.2 Å². The molecule has 2 heterocycles. The van der Waals surface area contributed by atoms with Crippen molar-refractivity contribution in [1.82, 2.24) is 0 Å². The van der Waals surface area contributed by atoms with E-state index in [1.807, 2.05) is 24.3 Å². The number of benzene rings is 1. The van der Waals surface area contributed by atoms with E-state index in [0.717, 1.165) is 36.8 Å². The van der Waals surface area contributed by atoms with Crippen LogP contribution in [0, 0.1) is 5.92 Å². The van der Waals surface area contributed by atoms with E-state index in [-0.39, 0.29) is 23.9 Å².